The van der Waals surface area contributed by atoms with Crippen LogP contribution in [0.25, 0.3) is 0 Å². The average molecular weight is 536 g/mol. The molecule has 0 aromatic heterocycles. The Hall–Kier alpha value is -3.72. The summed E-state index contributed by atoms with van der Waals surface area (Å²) in [6, 6.07) is 14.8. The molecule has 0 saturated heterocycles. The van der Waals surface area contributed by atoms with Crippen LogP contribution in [0.15, 0.2) is 75.9 Å². The fraction of sp³-hybridized carbons (Fsp3) is 0.345. The van der Waals surface area contributed by atoms with Crippen molar-refractivity contribution < 1.29 is 23.8 Å². The summed E-state index contributed by atoms with van der Waals surface area (Å²) >= 11 is 1.43. The summed E-state index contributed by atoms with van der Waals surface area (Å²) in [5.74, 6) is 0.695. The molecule has 0 saturated carbocycles. The van der Waals surface area contributed by atoms with Crippen LogP contribution < -0.4 is 9.47 Å². The summed E-state index contributed by atoms with van der Waals surface area (Å²) in [5, 5.41) is 2.63. The lowest BCUT2D eigenvalue weighted by Gasteiger charge is -2.37. The Morgan fingerprint density at radius 3 is 2.50 bits per heavy atom. The van der Waals surface area contributed by atoms with E-state index in [1.807, 2.05) is 73.5 Å². The fourth-order valence-corrected chi connectivity index (χ4v) is 5.45. The zero-order chi connectivity index (χ0) is 27.4. The number of benzene rings is 2. The number of ether oxygens (including phenoxy) is 3. The van der Waals surface area contributed by atoms with Crippen LogP contribution >= 0.6 is 11.8 Å². The van der Waals surface area contributed by atoms with Crippen LogP contribution in [-0.4, -0.2) is 54.2 Å². The lowest BCUT2D eigenvalue weighted by Crippen LogP contribution is -2.38. The molecule has 2 heterocycles. The molecule has 0 bridgehead atoms. The van der Waals surface area contributed by atoms with E-state index in [1.165, 1.54) is 11.8 Å². The minimum atomic E-state index is -0.594. The summed E-state index contributed by atoms with van der Waals surface area (Å²) in [6.45, 7) is 5.93. The van der Waals surface area contributed by atoms with E-state index in [1.54, 1.807) is 32.2 Å². The third kappa shape index (κ3) is 5.72. The number of amidine groups is 1. The molecule has 8 nitrogen and oxygen atoms in total. The number of nitrogens with zero attached hydrogens (tertiary/aromatic N) is 3. The zero-order valence-electron chi connectivity index (χ0n) is 22.6. The highest BCUT2D eigenvalue weighted by Gasteiger charge is 2.42. The Kier molecular flexibility index (Phi) is 8.46. The summed E-state index contributed by atoms with van der Waals surface area (Å²) in [6.07, 6.45) is -0.154. The first-order valence-corrected chi connectivity index (χ1v) is 13.3. The first-order chi connectivity index (χ1) is 18.2. The van der Waals surface area contributed by atoms with Gasteiger partial charge < -0.3 is 24.0 Å². The van der Waals surface area contributed by atoms with Crippen molar-refractivity contribution in [2.24, 2.45) is 4.99 Å². The Bertz CT molecular complexity index is 1300. The number of aliphatic imine (C=N–C) groups is 1. The van der Waals surface area contributed by atoms with Gasteiger partial charge in [-0.3, -0.25) is 4.79 Å². The maximum atomic E-state index is 13.4. The minimum absolute atomic E-state index is 0.0417. The monoisotopic (exact) mass is 535 g/mol. The van der Waals surface area contributed by atoms with E-state index in [0.29, 0.717) is 34.5 Å². The number of allylic oxidation sites excluding steroid dienone is 1. The maximum absolute atomic E-state index is 13.4. The Morgan fingerprint density at radius 1 is 1.11 bits per heavy atom. The molecule has 9 heteroatoms. The largest absolute Gasteiger partial charge is 0.497 e. The molecule has 1 amide bonds. The number of carbonyl (C=O) groups is 2. The van der Waals surface area contributed by atoms with Gasteiger partial charge in [0.25, 0.3) is 0 Å². The van der Waals surface area contributed by atoms with E-state index < -0.39 is 12.0 Å². The van der Waals surface area contributed by atoms with Crippen LogP contribution in [0.5, 0.6) is 11.5 Å². The number of hydrogen-bond acceptors (Lipinski definition) is 8. The van der Waals surface area contributed by atoms with Crippen molar-refractivity contribution in [3.8, 4) is 11.5 Å². The SMILES string of the molecule is COc1ccc([C@H]2C(C(=O)OC(C)C)=C(C)N=C3SC=C(CC(=O)N(C)Cc4ccccc4)N32)c(OC)c1. The van der Waals surface area contributed by atoms with Gasteiger partial charge in [-0.1, -0.05) is 42.1 Å². The molecule has 0 N–H and O–H groups in total. The van der Waals surface area contributed by atoms with Crippen molar-refractivity contribution in [3.05, 3.63) is 82.0 Å². The van der Waals surface area contributed by atoms with Gasteiger partial charge in [0.15, 0.2) is 5.17 Å². The third-order valence-corrected chi connectivity index (χ3v) is 7.21. The second kappa shape index (κ2) is 11.8. The van der Waals surface area contributed by atoms with Crippen molar-refractivity contribution in [3.63, 3.8) is 0 Å². The van der Waals surface area contributed by atoms with Gasteiger partial charge in [-0.15, -0.1) is 0 Å². The lowest BCUT2D eigenvalue weighted by molar-refractivity contribution is -0.143. The van der Waals surface area contributed by atoms with Crippen molar-refractivity contribution in [1.29, 1.82) is 0 Å². The molecule has 0 radical (unpaired) electrons. The quantitative estimate of drug-likeness (QED) is 0.404. The number of fused-ring (bicyclic) bond motifs is 1. The summed E-state index contributed by atoms with van der Waals surface area (Å²) in [7, 11) is 4.96. The number of amides is 1. The van der Waals surface area contributed by atoms with Gasteiger partial charge in [-0.25, -0.2) is 9.79 Å². The van der Waals surface area contributed by atoms with E-state index in [0.717, 1.165) is 16.8 Å². The molecule has 200 valence electrons. The molecule has 0 fully saturated rings. The van der Waals surface area contributed by atoms with Crippen molar-refractivity contribution in [2.45, 2.75) is 45.9 Å². The van der Waals surface area contributed by atoms with Crippen LogP contribution in [0.2, 0.25) is 0 Å². The highest BCUT2D eigenvalue weighted by Crippen LogP contribution is 2.47. The van der Waals surface area contributed by atoms with E-state index in [-0.39, 0.29) is 18.4 Å². The van der Waals surface area contributed by atoms with Gasteiger partial charge in [-0.05, 0) is 43.9 Å². The molecule has 2 aliphatic rings. The molecule has 0 unspecified atom stereocenters. The average Bonchev–Trinajstić information content (AvgIpc) is 3.29. The van der Waals surface area contributed by atoms with Crippen LogP contribution in [0, 0.1) is 0 Å². The maximum Gasteiger partial charge on any atom is 0.338 e. The number of thioether (sulfide) groups is 1. The molecule has 1 atom stereocenters. The normalized spacial score (nSPS) is 16.6. The second-order valence-electron chi connectivity index (χ2n) is 9.37. The Balaban J connectivity index is 1.71. The molecule has 2 aromatic carbocycles. The Morgan fingerprint density at radius 2 is 1.84 bits per heavy atom. The van der Waals surface area contributed by atoms with Crippen LogP contribution in [0.4, 0.5) is 0 Å². The van der Waals surface area contributed by atoms with E-state index >= 15 is 0 Å². The van der Waals surface area contributed by atoms with Crippen molar-refractivity contribution in [1.82, 2.24) is 9.80 Å². The zero-order valence-corrected chi connectivity index (χ0v) is 23.4. The predicted molar refractivity (Wildman–Crippen MR) is 149 cm³/mol. The van der Waals surface area contributed by atoms with Gasteiger partial charge in [0.2, 0.25) is 5.91 Å². The predicted octanol–water partition coefficient (Wildman–Crippen LogP) is 5.28. The van der Waals surface area contributed by atoms with E-state index in [9.17, 15) is 9.59 Å². The summed E-state index contributed by atoms with van der Waals surface area (Å²) in [4.78, 5) is 35.1. The standard InChI is InChI=1S/C29H33N3O5S/c1-18(2)37-28(34)26-19(3)30-29-32(27(26)23-13-12-22(35-5)15-24(23)36-6)21(17-38-29)14-25(33)31(4)16-20-10-8-7-9-11-20/h7-13,15,17-18,27H,14,16H2,1-6H3/t27-/m0/s1. The first-order valence-electron chi connectivity index (χ1n) is 12.4. The van der Waals surface area contributed by atoms with Gasteiger partial charge in [0.1, 0.15) is 11.5 Å². The Labute approximate surface area is 228 Å². The highest BCUT2D eigenvalue weighted by molar-refractivity contribution is 8.16. The molecule has 0 spiro atoms. The molecular formula is C29H33N3O5S. The van der Waals surface area contributed by atoms with Crippen LogP contribution in [0.1, 0.15) is 44.4 Å². The number of carbonyl (C=O) groups excluding carboxylic acids is 2. The van der Waals surface area contributed by atoms with Gasteiger partial charge >= 0.3 is 5.97 Å². The molecule has 38 heavy (non-hydrogen) atoms. The summed E-state index contributed by atoms with van der Waals surface area (Å²) < 4.78 is 16.8. The van der Waals surface area contributed by atoms with Crippen molar-refractivity contribution >= 4 is 28.8 Å². The molecule has 4 rings (SSSR count). The lowest BCUT2D eigenvalue weighted by atomic mass is 9.93. The number of rotatable bonds is 9. The molecule has 2 aromatic rings. The first kappa shape index (κ1) is 27.3. The summed E-state index contributed by atoms with van der Waals surface area (Å²) in [5.41, 5.74) is 3.53. The van der Waals surface area contributed by atoms with Crippen molar-refractivity contribution in [2.75, 3.05) is 21.3 Å². The molecule has 2 aliphatic heterocycles. The number of methoxy groups -OCH3 is 2. The van der Waals surface area contributed by atoms with E-state index in [4.69, 9.17) is 19.2 Å². The number of hydrogen-bond donors (Lipinski definition) is 0. The van der Waals surface area contributed by atoms with Gasteiger partial charge in [-0.2, -0.15) is 0 Å². The van der Waals surface area contributed by atoms with E-state index in [2.05, 4.69) is 0 Å². The number of esters is 1. The minimum Gasteiger partial charge on any atom is -0.497 e. The topological polar surface area (TPSA) is 80.7 Å². The van der Waals surface area contributed by atoms with Gasteiger partial charge in [0, 0.05) is 30.9 Å². The van der Waals surface area contributed by atoms with Gasteiger partial charge in [0.05, 0.1) is 44.1 Å². The highest BCUT2D eigenvalue weighted by atomic mass is 32.2. The molecule has 0 aliphatic carbocycles. The van der Waals surface area contributed by atoms with Crippen LogP contribution in [-0.2, 0) is 20.9 Å². The fourth-order valence-electron chi connectivity index (χ4n) is 4.48. The van der Waals surface area contributed by atoms with Crippen LogP contribution in [0.3, 0.4) is 0 Å². The second-order valence-corrected chi connectivity index (χ2v) is 10.2. The molecular weight excluding hydrogens is 502 g/mol. The third-order valence-electron chi connectivity index (χ3n) is 6.32. The smallest absolute Gasteiger partial charge is 0.338 e.